The van der Waals surface area contributed by atoms with E-state index in [0.29, 0.717) is 5.75 Å². The predicted octanol–water partition coefficient (Wildman–Crippen LogP) is 3.08. The highest BCUT2D eigenvalue weighted by Gasteiger charge is 2.06. The van der Waals surface area contributed by atoms with E-state index in [1.807, 2.05) is 66.7 Å². The molecule has 3 rings (SSSR count). The fraction of sp³-hybridized carbons (Fsp3) is 0.0476. The normalized spacial score (nSPS) is 10.6. The first-order valence-corrected chi connectivity index (χ1v) is 8.15. The van der Waals surface area contributed by atoms with Gasteiger partial charge in [0.15, 0.2) is 6.61 Å². The van der Waals surface area contributed by atoms with Crippen LogP contribution in [0.3, 0.4) is 0 Å². The highest BCUT2D eigenvalue weighted by atomic mass is 16.5. The second-order valence-electron chi connectivity index (χ2n) is 5.55. The quantitative estimate of drug-likeness (QED) is 0.551. The van der Waals surface area contributed by atoms with Crippen molar-refractivity contribution in [3.8, 4) is 5.75 Å². The summed E-state index contributed by atoms with van der Waals surface area (Å²) in [5, 5.41) is 1.96. The van der Waals surface area contributed by atoms with Gasteiger partial charge >= 0.3 is 0 Å². The molecule has 5 nitrogen and oxygen atoms in total. The second kappa shape index (κ2) is 8.48. The van der Waals surface area contributed by atoms with Crippen LogP contribution in [-0.2, 0) is 9.59 Å². The number of amides is 2. The van der Waals surface area contributed by atoms with Crippen LogP contribution < -0.4 is 15.6 Å². The van der Waals surface area contributed by atoms with Gasteiger partial charge in [-0.2, -0.15) is 0 Å². The lowest BCUT2D eigenvalue weighted by atomic mass is 10.1. The van der Waals surface area contributed by atoms with Crippen LogP contribution in [0.15, 0.2) is 78.9 Å². The Morgan fingerprint density at radius 3 is 2.42 bits per heavy atom. The van der Waals surface area contributed by atoms with Crippen molar-refractivity contribution in [1.29, 1.82) is 0 Å². The van der Waals surface area contributed by atoms with Crippen LogP contribution in [0.2, 0.25) is 0 Å². The summed E-state index contributed by atoms with van der Waals surface area (Å²) in [4.78, 5) is 23.6. The van der Waals surface area contributed by atoms with E-state index in [1.165, 1.54) is 6.08 Å². The maximum Gasteiger partial charge on any atom is 0.276 e. The van der Waals surface area contributed by atoms with Crippen molar-refractivity contribution in [3.63, 3.8) is 0 Å². The van der Waals surface area contributed by atoms with Crippen molar-refractivity contribution in [3.05, 3.63) is 84.4 Å². The van der Waals surface area contributed by atoms with Crippen LogP contribution in [0, 0.1) is 0 Å². The minimum atomic E-state index is -0.445. The molecule has 3 aromatic rings. The summed E-state index contributed by atoms with van der Waals surface area (Å²) >= 11 is 0. The number of rotatable bonds is 5. The van der Waals surface area contributed by atoms with Crippen LogP contribution >= 0.6 is 0 Å². The number of ether oxygens (including phenoxy) is 1. The number of hydrogen-bond donors (Lipinski definition) is 2. The van der Waals surface area contributed by atoms with Gasteiger partial charge in [0.1, 0.15) is 5.75 Å². The van der Waals surface area contributed by atoms with Gasteiger partial charge in [-0.3, -0.25) is 20.4 Å². The molecule has 0 heterocycles. The van der Waals surface area contributed by atoms with Crippen molar-refractivity contribution >= 4 is 28.7 Å². The van der Waals surface area contributed by atoms with Crippen molar-refractivity contribution in [2.75, 3.05) is 6.61 Å². The molecule has 0 atom stereocenters. The molecule has 0 aliphatic heterocycles. The third-order valence-corrected chi connectivity index (χ3v) is 3.66. The second-order valence-corrected chi connectivity index (χ2v) is 5.55. The smallest absolute Gasteiger partial charge is 0.276 e. The fourth-order valence-electron chi connectivity index (χ4n) is 2.41. The molecule has 0 aliphatic rings. The largest absolute Gasteiger partial charge is 0.483 e. The first-order chi connectivity index (χ1) is 12.7. The molecule has 5 heteroatoms. The molecule has 0 aromatic heterocycles. The first-order valence-electron chi connectivity index (χ1n) is 8.15. The average molecular weight is 346 g/mol. The minimum absolute atomic E-state index is 0.198. The van der Waals surface area contributed by atoms with Gasteiger partial charge in [-0.05, 0) is 23.1 Å². The summed E-state index contributed by atoms with van der Waals surface area (Å²) in [6, 6.07) is 22.8. The number of nitrogens with one attached hydrogen (secondary N) is 2. The Labute approximate surface area is 151 Å². The molecule has 130 valence electrons. The number of fused-ring (bicyclic) bond motifs is 1. The van der Waals surface area contributed by atoms with Gasteiger partial charge in [-0.15, -0.1) is 0 Å². The Bertz CT molecular complexity index is 931. The maximum atomic E-state index is 11.9. The summed E-state index contributed by atoms with van der Waals surface area (Å²) in [7, 11) is 0. The topological polar surface area (TPSA) is 67.4 Å². The highest BCUT2D eigenvalue weighted by Crippen LogP contribution is 2.24. The Hall–Kier alpha value is -3.60. The van der Waals surface area contributed by atoms with E-state index in [4.69, 9.17) is 4.74 Å². The van der Waals surface area contributed by atoms with Gasteiger partial charge in [0.25, 0.3) is 11.8 Å². The van der Waals surface area contributed by atoms with E-state index in [-0.39, 0.29) is 6.61 Å². The van der Waals surface area contributed by atoms with E-state index in [9.17, 15) is 9.59 Å². The zero-order valence-electron chi connectivity index (χ0n) is 14.0. The Morgan fingerprint density at radius 1 is 0.846 bits per heavy atom. The lowest BCUT2D eigenvalue weighted by Gasteiger charge is -2.09. The van der Waals surface area contributed by atoms with Crippen LogP contribution in [0.1, 0.15) is 5.56 Å². The molecule has 0 saturated carbocycles. The van der Waals surface area contributed by atoms with Crippen LogP contribution in [0.25, 0.3) is 16.8 Å². The summed E-state index contributed by atoms with van der Waals surface area (Å²) < 4.78 is 5.56. The first kappa shape index (κ1) is 17.2. The number of benzene rings is 3. The molecule has 0 fully saturated rings. The summed E-state index contributed by atoms with van der Waals surface area (Å²) in [5.74, 6) is -0.250. The predicted molar refractivity (Wildman–Crippen MR) is 101 cm³/mol. The Balaban J connectivity index is 1.48. The van der Waals surface area contributed by atoms with Gasteiger partial charge in [0, 0.05) is 11.5 Å². The summed E-state index contributed by atoms with van der Waals surface area (Å²) in [6.45, 7) is -0.198. The molecule has 26 heavy (non-hydrogen) atoms. The number of carbonyl (C=O) groups excluding carboxylic acids is 2. The Morgan fingerprint density at radius 2 is 1.58 bits per heavy atom. The Kier molecular flexibility index (Phi) is 5.62. The van der Waals surface area contributed by atoms with Crippen LogP contribution in [-0.4, -0.2) is 18.4 Å². The molecular weight excluding hydrogens is 328 g/mol. The fourth-order valence-corrected chi connectivity index (χ4v) is 2.41. The minimum Gasteiger partial charge on any atom is -0.483 e. The van der Waals surface area contributed by atoms with Crippen molar-refractivity contribution in [2.45, 2.75) is 0 Å². The molecule has 3 aromatic carbocycles. The number of hydrazine groups is 1. The molecule has 2 N–H and O–H groups in total. The lowest BCUT2D eigenvalue weighted by Crippen LogP contribution is -2.43. The average Bonchev–Trinajstić information content (AvgIpc) is 2.70. The number of carbonyl (C=O) groups is 2. The molecule has 0 spiro atoms. The standard InChI is InChI=1S/C21H18N2O3/c24-20(14-13-16-7-2-1-3-8-16)22-23-21(25)15-26-19-12-6-10-17-9-4-5-11-18(17)19/h1-14H,15H2,(H,22,24)(H,23,25)/b14-13+. The molecule has 0 saturated heterocycles. The van der Waals surface area contributed by atoms with Gasteiger partial charge < -0.3 is 4.74 Å². The van der Waals surface area contributed by atoms with Gasteiger partial charge in [-0.25, -0.2) is 0 Å². The van der Waals surface area contributed by atoms with Crippen molar-refractivity contribution in [2.24, 2.45) is 0 Å². The van der Waals surface area contributed by atoms with Crippen LogP contribution in [0.5, 0.6) is 5.75 Å². The molecule has 0 radical (unpaired) electrons. The van der Waals surface area contributed by atoms with Gasteiger partial charge in [0.05, 0.1) is 0 Å². The zero-order chi connectivity index (χ0) is 18.2. The maximum absolute atomic E-state index is 11.9. The summed E-state index contributed by atoms with van der Waals surface area (Å²) in [6.07, 6.45) is 3.01. The monoisotopic (exact) mass is 346 g/mol. The molecular formula is C21H18N2O3. The van der Waals surface area contributed by atoms with E-state index in [0.717, 1.165) is 16.3 Å². The third-order valence-electron chi connectivity index (χ3n) is 3.66. The van der Waals surface area contributed by atoms with Crippen LogP contribution in [0.4, 0.5) is 0 Å². The third kappa shape index (κ3) is 4.70. The van der Waals surface area contributed by atoms with E-state index >= 15 is 0 Å². The number of hydrogen-bond acceptors (Lipinski definition) is 3. The zero-order valence-corrected chi connectivity index (χ0v) is 14.0. The SMILES string of the molecule is O=C(/C=C/c1ccccc1)NNC(=O)COc1cccc2ccccc12. The van der Waals surface area contributed by atoms with Crippen molar-refractivity contribution < 1.29 is 14.3 Å². The molecule has 0 unspecified atom stereocenters. The highest BCUT2D eigenvalue weighted by molar-refractivity contribution is 5.93. The van der Waals surface area contributed by atoms with E-state index in [2.05, 4.69) is 10.9 Å². The van der Waals surface area contributed by atoms with E-state index in [1.54, 1.807) is 12.1 Å². The van der Waals surface area contributed by atoms with Crippen molar-refractivity contribution in [1.82, 2.24) is 10.9 Å². The van der Waals surface area contributed by atoms with Gasteiger partial charge in [0.2, 0.25) is 0 Å². The summed E-state index contributed by atoms with van der Waals surface area (Å²) in [5.41, 5.74) is 5.54. The molecule has 2 amide bonds. The lowest BCUT2D eigenvalue weighted by molar-refractivity contribution is -0.128. The van der Waals surface area contributed by atoms with Gasteiger partial charge in [-0.1, -0.05) is 66.7 Å². The molecule has 0 bridgehead atoms. The molecule has 0 aliphatic carbocycles. The van der Waals surface area contributed by atoms with E-state index < -0.39 is 11.8 Å².